The monoisotopic (exact) mass is 235 g/mol. The minimum absolute atomic E-state index is 0.0709. The van der Waals surface area contributed by atoms with Crippen LogP contribution in [0.1, 0.15) is 22.5 Å². The highest BCUT2D eigenvalue weighted by Crippen LogP contribution is 2.20. The highest BCUT2D eigenvalue weighted by Gasteiger charge is 2.26. The van der Waals surface area contributed by atoms with Crippen molar-refractivity contribution < 1.29 is 9.90 Å². The smallest absolute Gasteiger partial charge is 0.257 e. The number of carbonyl (C=O) groups excluding carboxylic acids is 1. The van der Waals surface area contributed by atoms with Crippen molar-refractivity contribution in [1.82, 2.24) is 9.88 Å². The summed E-state index contributed by atoms with van der Waals surface area (Å²) in [7, 11) is 1.78. The summed E-state index contributed by atoms with van der Waals surface area (Å²) in [6.45, 7) is 2.90. The summed E-state index contributed by atoms with van der Waals surface area (Å²) in [6, 6.07) is 1.85. The first-order valence-corrected chi connectivity index (χ1v) is 5.73. The summed E-state index contributed by atoms with van der Waals surface area (Å²) >= 11 is 0. The first kappa shape index (κ1) is 11.9. The number of β-amino-alcohol motifs (C(OH)–C–C–N with tert-alkyl or cyclic N) is 1. The second-order valence-corrected chi connectivity index (χ2v) is 4.31. The van der Waals surface area contributed by atoms with E-state index < -0.39 is 6.10 Å². The lowest BCUT2D eigenvalue weighted by Crippen LogP contribution is -2.30. The van der Waals surface area contributed by atoms with E-state index in [9.17, 15) is 9.90 Å². The Kier molecular flexibility index (Phi) is 3.28. The molecule has 0 spiro atoms. The van der Waals surface area contributed by atoms with Crippen molar-refractivity contribution in [2.75, 3.05) is 25.5 Å². The fraction of sp³-hybridized carbons (Fsp3) is 0.500. The molecule has 1 fully saturated rings. The van der Waals surface area contributed by atoms with Crippen LogP contribution in [0.5, 0.6) is 0 Å². The number of aliphatic hydroxyl groups is 1. The van der Waals surface area contributed by atoms with Crippen LogP contribution in [-0.4, -0.2) is 47.1 Å². The van der Waals surface area contributed by atoms with Crippen molar-refractivity contribution >= 4 is 11.6 Å². The minimum atomic E-state index is -0.393. The quantitative estimate of drug-likeness (QED) is 0.789. The van der Waals surface area contributed by atoms with Crippen molar-refractivity contribution in [3.05, 3.63) is 23.5 Å². The zero-order chi connectivity index (χ0) is 12.4. The lowest BCUT2D eigenvalue weighted by molar-refractivity contribution is 0.0765. The number of hydrogen-bond donors (Lipinski definition) is 2. The zero-order valence-corrected chi connectivity index (χ0v) is 10.1. The van der Waals surface area contributed by atoms with E-state index in [0.29, 0.717) is 25.1 Å². The van der Waals surface area contributed by atoms with Gasteiger partial charge in [-0.05, 0) is 19.4 Å². The lowest BCUT2D eigenvalue weighted by atomic mass is 10.2. The van der Waals surface area contributed by atoms with Crippen molar-refractivity contribution in [1.29, 1.82) is 0 Å². The van der Waals surface area contributed by atoms with Crippen LogP contribution in [-0.2, 0) is 0 Å². The molecule has 0 bridgehead atoms. The number of nitrogens with zero attached hydrogens (tertiary/aromatic N) is 2. The molecule has 2 N–H and O–H groups in total. The Bertz CT molecular complexity index is 434. The van der Waals surface area contributed by atoms with Gasteiger partial charge in [-0.1, -0.05) is 0 Å². The molecule has 1 unspecified atom stereocenters. The fourth-order valence-electron chi connectivity index (χ4n) is 2.03. The molecule has 2 heterocycles. The molecule has 5 nitrogen and oxygen atoms in total. The number of likely N-dealkylation sites (tertiary alicyclic amines) is 1. The Hall–Kier alpha value is -1.62. The van der Waals surface area contributed by atoms with Crippen LogP contribution in [0.25, 0.3) is 0 Å². The molecule has 1 atom stereocenters. The van der Waals surface area contributed by atoms with Crippen LogP contribution in [0.3, 0.4) is 0 Å². The third-order valence-electron chi connectivity index (χ3n) is 2.99. The first-order valence-electron chi connectivity index (χ1n) is 5.73. The number of hydrogen-bond acceptors (Lipinski definition) is 4. The Labute approximate surface area is 100 Å². The highest BCUT2D eigenvalue weighted by atomic mass is 16.3. The fourth-order valence-corrected chi connectivity index (χ4v) is 2.03. The summed E-state index contributed by atoms with van der Waals surface area (Å²) in [4.78, 5) is 18.0. The maximum Gasteiger partial charge on any atom is 0.257 e. The summed E-state index contributed by atoms with van der Waals surface area (Å²) < 4.78 is 0. The standard InChI is InChI=1S/C12H17N3O2/c1-8-5-11(13-2)10(6-14-8)12(17)15-4-3-9(16)7-15/h5-6,9,16H,3-4,7H2,1-2H3,(H,13,14). The number of rotatable bonds is 2. The third kappa shape index (κ3) is 2.39. The van der Waals surface area contributed by atoms with Gasteiger partial charge in [-0.3, -0.25) is 9.78 Å². The summed E-state index contributed by atoms with van der Waals surface area (Å²) in [5.74, 6) is -0.0709. The molecule has 1 aliphatic rings. The minimum Gasteiger partial charge on any atom is -0.391 e. The Morgan fingerprint density at radius 1 is 1.65 bits per heavy atom. The predicted molar refractivity (Wildman–Crippen MR) is 65.0 cm³/mol. The van der Waals surface area contributed by atoms with E-state index in [1.165, 1.54) is 0 Å². The van der Waals surface area contributed by atoms with E-state index >= 15 is 0 Å². The molecule has 1 amide bonds. The number of carbonyl (C=O) groups is 1. The van der Waals surface area contributed by atoms with Gasteiger partial charge >= 0.3 is 0 Å². The molecule has 17 heavy (non-hydrogen) atoms. The van der Waals surface area contributed by atoms with Gasteiger partial charge < -0.3 is 15.3 Å². The number of nitrogens with one attached hydrogen (secondary N) is 1. The van der Waals surface area contributed by atoms with Crippen molar-refractivity contribution in [2.24, 2.45) is 0 Å². The molecule has 1 aromatic rings. The van der Waals surface area contributed by atoms with Gasteiger partial charge in [0.2, 0.25) is 0 Å². The topological polar surface area (TPSA) is 65.5 Å². The summed E-state index contributed by atoms with van der Waals surface area (Å²) in [5.41, 5.74) is 2.21. The summed E-state index contributed by atoms with van der Waals surface area (Å²) in [6.07, 6.45) is 1.85. The maximum atomic E-state index is 12.2. The van der Waals surface area contributed by atoms with Crippen LogP contribution < -0.4 is 5.32 Å². The van der Waals surface area contributed by atoms with Gasteiger partial charge in [-0.2, -0.15) is 0 Å². The van der Waals surface area contributed by atoms with E-state index in [2.05, 4.69) is 10.3 Å². The van der Waals surface area contributed by atoms with Gasteiger partial charge in [0, 0.05) is 32.0 Å². The van der Waals surface area contributed by atoms with Crippen LogP contribution >= 0.6 is 0 Å². The Morgan fingerprint density at radius 3 is 3.00 bits per heavy atom. The van der Waals surface area contributed by atoms with Crippen molar-refractivity contribution in [3.8, 4) is 0 Å². The van der Waals surface area contributed by atoms with Gasteiger partial charge in [-0.15, -0.1) is 0 Å². The van der Waals surface area contributed by atoms with E-state index in [1.54, 1.807) is 18.1 Å². The van der Waals surface area contributed by atoms with Gasteiger partial charge in [0.15, 0.2) is 0 Å². The molecule has 1 aromatic heterocycles. The number of aromatic nitrogens is 1. The van der Waals surface area contributed by atoms with Gasteiger partial charge in [0.25, 0.3) is 5.91 Å². The zero-order valence-electron chi connectivity index (χ0n) is 10.1. The van der Waals surface area contributed by atoms with Crippen LogP contribution in [0.4, 0.5) is 5.69 Å². The highest BCUT2D eigenvalue weighted by molar-refractivity contribution is 5.99. The molecular weight excluding hydrogens is 218 g/mol. The molecule has 92 valence electrons. The molecule has 1 saturated heterocycles. The molecule has 1 aliphatic heterocycles. The number of aryl methyl sites for hydroxylation is 1. The average molecular weight is 235 g/mol. The Balaban J connectivity index is 2.24. The van der Waals surface area contributed by atoms with E-state index in [4.69, 9.17) is 0 Å². The first-order chi connectivity index (χ1) is 8.11. The molecule has 0 saturated carbocycles. The predicted octanol–water partition coefficient (Wildman–Crippen LogP) is 0.639. The Morgan fingerprint density at radius 2 is 2.41 bits per heavy atom. The molecule has 5 heteroatoms. The lowest BCUT2D eigenvalue weighted by Gasteiger charge is -2.17. The maximum absolute atomic E-state index is 12.2. The average Bonchev–Trinajstić information content (AvgIpc) is 2.75. The van der Waals surface area contributed by atoms with E-state index in [-0.39, 0.29) is 5.91 Å². The van der Waals surface area contributed by atoms with E-state index in [0.717, 1.165) is 11.4 Å². The SMILES string of the molecule is CNc1cc(C)ncc1C(=O)N1CCC(O)C1. The van der Waals surface area contributed by atoms with Crippen LogP contribution in [0, 0.1) is 6.92 Å². The molecule has 0 aliphatic carbocycles. The molecule has 0 radical (unpaired) electrons. The van der Waals surface area contributed by atoms with Crippen LogP contribution in [0.15, 0.2) is 12.3 Å². The molecule has 2 rings (SSSR count). The van der Waals surface area contributed by atoms with Crippen molar-refractivity contribution in [3.63, 3.8) is 0 Å². The third-order valence-corrected chi connectivity index (χ3v) is 2.99. The normalized spacial score (nSPS) is 19.5. The number of amides is 1. The van der Waals surface area contributed by atoms with Crippen molar-refractivity contribution in [2.45, 2.75) is 19.4 Å². The second kappa shape index (κ2) is 4.71. The van der Waals surface area contributed by atoms with Gasteiger partial charge in [0.05, 0.1) is 17.4 Å². The largest absolute Gasteiger partial charge is 0.391 e. The van der Waals surface area contributed by atoms with Gasteiger partial charge in [0.1, 0.15) is 0 Å². The number of aliphatic hydroxyl groups excluding tert-OH is 1. The molecular formula is C12H17N3O2. The van der Waals surface area contributed by atoms with E-state index in [1.807, 2.05) is 13.0 Å². The number of anilines is 1. The van der Waals surface area contributed by atoms with Gasteiger partial charge in [-0.25, -0.2) is 0 Å². The second-order valence-electron chi connectivity index (χ2n) is 4.31. The van der Waals surface area contributed by atoms with Crippen LogP contribution in [0.2, 0.25) is 0 Å². The number of pyridine rings is 1. The molecule has 0 aromatic carbocycles. The summed E-state index contributed by atoms with van der Waals surface area (Å²) in [5, 5.41) is 12.4.